The van der Waals surface area contributed by atoms with Crippen LogP contribution in [0.2, 0.25) is 0 Å². The van der Waals surface area contributed by atoms with Gasteiger partial charge in [-0.15, -0.1) is 0 Å². The lowest BCUT2D eigenvalue weighted by Crippen LogP contribution is -2.39. The Hall–Kier alpha value is -0.330. The van der Waals surface area contributed by atoms with E-state index in [1.807, 2.05) is 20.8 Å². The Labute approximate surface area is 87.6 Å². The largest absolute Gasteiger partial charge is 0.415 e. The van der Waals surface area contributed by atoms with Crippen LogP contribution < -0.4 is 5.32 Å². The summed E-state index contributed by atoms with van der Waals surface area (Å²) in [5, 5.41) is 11.1. The third-order valence-electron chi connectivity index (χ3n) is 1.53. The van der Waals surface area contributed by atoms with E-state index < -0.39 is 18.8 Å². The van der Waals surface area contributed by atoms with E-state index in [-0.39, 0.29) is 12.1 Å². The fourth-order valence-electron chi connectivity index (χ4n) is 0.784. The zero-order chi connectivity index (χ0) is 12.1. The highest BCUT2D eigenvalue weighted by Crippen LogP contribution is 2.19. The summed E-state index contributed by atoms with van der Waals surface area (Å²) in [6.07, 6.45) is -6.87. The molecule has 15 heavy (non-hydrogen) atoms. The minimum absolute atomic E-state index is 0.282. The molecule has 6 heteroatoms. The molecule has 0 radical (unpaired) electrons. The van der Waals surface area contributed by atoms with Crippen molar-refractivity contribution in [2.45, 2.75) is 38.7 Å². The second-order valence-electron chi connectivity index (χ2n) is 4.22. The molecule has 0 saturated carbocycles. The van der Waals surface area contributed by atoms with Crippen molar-refractivity contribution in [1.29, 1.82) is 0 Å². The molecule has 3 nitrogen and oxygen atoms in total. The lowest BCUT2D eigenvalue weighted by Gasteiger charge is -2.20. The molecule has 0 aliphatic rings. The molecule has 2 N–H and O–H groups in total. The van der Waals surface area contributed by atoms with E-state index in [4.69, 9.17) is 9.84 Å². The van der Waals surface area contributed by atoms with Gasteiger partial charge < -0.3 is 15.2 Å². The summed E-state index contributed by atoms with van der Waals surface area (Å²) in [7, 11) is 0. The lowest BCUT2D eigenvalue weighted by atomic mass is 10.2. The van der Waals surface area contributed by atoms with Gasteiger partial charge in [0.25, 0.3) is 0 Å². The van der Waals surface area contributed by atoms with Crippen LogP contribution in [-0.2, 0) is 4.74 Å². The van der Waals surface area contributed by atoms with Crippen molar-refractivity contribution in [3.8, 4) is 0 Å². The highest BCUT2D eigenvalue weighted by atomic mass is 19.4. The quantitative estimate of drug-likeness (QED) is 0.698. The van der Waals surface area contributed by atoms with Gasteiger partial charge in [0.2, 0.25) is 0 Å². The van der Waals surface area contributed by atoms with Gasteiger partial charge in [0, 0.05) is 13.1 Å². The van der Waals surface area contributed by atoms with Crippen molar-refractivity contribution in [2.24, 2.45) is 0 Å². The molecule has 0 heterocycles. The number of nitrogens with one attached hydrogen (secondary N) is 1. The fraction of sp³-hybridized carbons (Fsp3) is 1.00. The number of hydrogen-bond acceptors (Lipinski definition) is 3. The van der Waals surface area contributed by atoms with Crippen molar-refractivity contribution in [3.63, 3.8) is 0 Å². The van der Waals surface area contributed by atoms with Crippen LogP contribution >= 0.6 is 0 Å². The van der Waals surface area contributed by atoms with Gasteiger partial charge in [-0.05, 0) is 20.8 Å². The van der Waals surface area contributed by atoms with Gasteiger partial charge in [-0.25, -0.2) is 0 Å². The summed E-state index contributed by atoms with van der Waals surface area (Å²) in [5.41, 5.74) is -0.301. The van der Waals surface area contributed by atoms with Gasteiger partial charge in [-0.2, -0.15) is 13.2 Å². The Morgan fingerprint density at radius 3 is 2.20 bits per heavy atom. The summed E-state index contributed by atoms with van der Waals surface area (Å²) in [5.74, 6) is 0. The fourth-order valence-corrected chi connectivity index (χ4v) is 0.784. The van der Waals surface area contributed by atoms with Crippen molar-refractivity contribution in [1.82, 2.24) is 5.32 Å². The summed E-state index contributed by atoms with van der Waals surface area (Å²) in [6, 6.07) is 0. The van der Waals surface area contributed by atoms with Crippen molar-refractivity contribution in [2.75, 3.05) is 19.7 Å². The standard InChI is InChI=1S/C9H18F3NO2/c1-8(2,3)15-5-4-13-6-7(14)9(10,11)12/h7,13-14H,4-6H2,1-3H3. The van der Waals surface area contributed by atoms with E-state index in [0.29, 0.717) is 6.61 Å². The molecule has 0 amide bonds. The first-order valence-corrected chi connectivity index (χ1v) is 4.72. The Balaban J connectivity index is 3.48. The van der Waals surface area contributed by atoms with Gasteiger partial charge in [0.1, 0.15) is 0 Å². The smallest absolute Gasteiger partial charge is 0.382 e. The molecule has 0 bridgehead atoms. The zero-order valence-electron chi connectivity index (χ0n) is 9.19. The second kappa shape index (κ2) is 5.67. The number of hydrogen-bond donors (Lipinski definition) is 2. The Bertz CT molecular complexity index is 177. The van der Waals surface area contributed by atoms with Crippen LogP contribution in [0.5, 0.6) is 0 Å². The first kappa shape index (κ1) is 14.7. The molecular weight excluding hydrogens is 211 g/mol. The number of aliphatic hydroxyl groups is 1. The predicted octanol–water partition coefficient (Wildman–Crippen LogP) is 1.31. The van der Waals surface area contributed by atoms with Gasteiger partial charge in [0.15, 0.2) is 6.10 Å². The van der Waals surface area contributed by atoms with Crippen LogP contribution in [0.3, 0.4) is 0 Å². The van der Waals surface area contributed by atoms with Crippen LogP contribution in [-0.4, -0.2) is 42.7 Å². The van der Waals surface area contributed by atoms with Crippen molar-refractivity contribution >= 4 is 0 Å². The maximum absolute atomic E-state index is 11.8. The van der Waals surface area contributed by atoms with E-state index in [9.17, 15) is 13.2 Å². The summed E-state index contributed by atoms with van der Waals surface area (Å²) in [4.78, 5) is 0. The monoisotopic (exact) mass is 229 g/mol. The highest BCUT2D eigenvalue weighted by molar-refractivity contribution is 4.68. The molecule has 1 unspecified atom stereocenters. The SMILES string of the molecule is CC(C)(C)OCCNCC(O)C(F)(F)F. The summed E-state index contributed by atoms with van der Waals surface area (Å²) in [6.45, 7) is 5.67. The average molecular weight is 229 g/mol. The van der Waals surface area contributed by atoms with E-state index in [1.54, 1.807) is 0 Å². The van der Waals surface area contributed by atoms with Gasteiger partial charge in [-0.1, -0.05) is 0 Å². The summed E-state index contributed by atoms with van der Waals surface area (Å²) < 4.78 is 40.8. The molecule has 1 atom stereocenters. The molecule has 0 aromatic heterocycles. The topological polar surface area (TPSA) is 41.5 Å². The van der Waals surface area contributed by atoms with Crippen LogP contribution in [0.15, 0.2) is 0 Å². The predicted molar refractivity (Wildman–Crippen MR) is 50.6 cm³/mol. The molecule has 0 saturated heterocycles. The minimum atomic E-state index is -4.56. The second-order valence-corrected chi connectivity index (χ2v) is 4.22. The highest BCUT2D eigenvalue weighted by Gasteiger charge is 2.37. The molecule has 92 valence electrons. The lowest BCUT2D eigenvalue weighted by molar-refractivity contribution is -0.202. The maximum Gasteiger partial charge on any atom is 0.415 e. The van der Waals surface area contributed by atoms with Gasteiger partial charge in [0.05, 0.1) is 12.2 Å². The van der Waals surface area contributed by atoms with Crippen LogP contribution in [0.1, 0.15) is 20.8 Å². The average Bonchev–Trinajstić information content (AvgIpc) is 1.99. The molecule has 0 aromatic rings. The Kier molecular flexibility index (Phi) is 5.55. The number of alkyl halides is 3. The Morgan fingerprint density at radius 1 is 1.27 bits per heavy atom. The van der Waals surface area contributed by atoms with Crippen LogP contribution in [0.25, 0.3) is 0 Å². The molecule has 0 aliphatic carbocycles. The van der Waals surface area contributed by atoms with E-state index in [0.717, 1.165) is 0 Å². The van der Waals surface area contributed by atoms with Crippen LogP contribution in [0, 0.1) is 0 Å². The van der Waals surface area contributed by atoms with E-state index in [1.165, 1.54) is 0 Å². The summed E-state index contributed by atoms with van der Waals surface area (Å²) >= 11 is 0. The van der Waals surface area contributed by atoms with E-state index in [2.05, 4.69) is 5.32 Å². The maximum atomic E-state index is 11.8. The number of rotatable bonds is 5. The molecule has 0 aliphatic heterocycles. The third-order valence-corrected chi connectivity index (χ3v) is 1.53. The molecule has 0 rings (SSSR count). The minimum Gasteiger partial charge on any atom is -0.382 e. The molecular formula is C9H18F3NO2. The number of halogens is 3. The van der Waals surface area contributed by atoms with E-state index >= 15 is 0 Å². The molecule has 0 spiro atoms. The van der Waals surface area contributed by atoms with Crippen molar-refractivity contribution in [3.05, 3.63) is 0 Å². The molecule has 0 aromatic carbocycles. The third kappa shape index (κ3) is 8.65. The molecule has 0 fully saturated rings. The van der Waals surface area contributed by atoms with Gasteiger partial charge in [-0.3, -0.25) is 0 Å². The number of ether oxygens (including phenoxy) is 1. The first-order chi connectivity index (χ1) is 6.63. The Morgan fingerprint density at radius 2 is 1.80 bits per heavy atom. The first-order valence-electron chi connectivity index (χ1n) is 4.72. The normalized spacial score (nSPS) is 15.4. The number of aliphatic hydroxyl groups excluding tert-OH is 1. The van der Waals surface area contributed by atoms with Crippen molar-refractivity contribution < 1.29 is 23.0 Å². The van der Waals surface area contributed by atoms with Gasteiger partial charge >= 0.3 is 6.18 Å². The van der Waals surface area contributed by atoms with Crippen LogP contribution in [0.4, 0.5) is 13.2 Å². The zero-order valence-corrected chi connectivity index (χ0v) is 9.19.